The molecule has 0 saturated heterocycles. The zero-order valence-corrected chi connectivity index (χ0v) is 9.97. The molecule has 5 nitrogen and oxygen atoms in total. The number of pyridine rings is 1. The normalized spacial score (nSPS) is 10.1. The van der Waals surface area contributed by atoms with Crippen LogP contribution in [0.25, 0.3) is 0 Å². The molecule has 0 bridgehead atoms. The summed E-state index contributed by atoms with van der Waals surface area (Å²) in [5.74, 6) is -0.543. The van der Waals surface area contributed by atoms with Gasteiger partial charge in [0.2, 0.25) is 0 Å². The van der Waals surface area contributed by atoms with Gasteiger partial charge in [0.25, 0.3) is 5.91 Å². The van der Waals surface area contributed by atoms with Crippen molar-refractivity contribution in [2.24, 2.45) is 5.73 Å². The summed E-state index contributed by atoms with van der Waals surface area (Å²) in [6.45, 7) is 1.89. The Bertz CT molecular complexity index is 595. The molecule has 0 fully saturated rings. The summed E-state index contributed by atoms with van der Waals surface area (Å²) in [5, 5.41) is 3.14. The molecule has 0 spiro atoms. The lowest BCUT2D eigenvalue weighted by Crippen LogP contribution is -2.14. The minimum atomic E-state index is -0.543. The lowest BCUT2D eigenvalue weighted by Gasteiger charge is -2.12. The third kappa shape index (κ3) is 2.24. The van der Waals surface area contributed by atoms with E-state index >= 15 is 0 Å². The van der Waals surface area contributed by atoms with Crippen molar-refractivity contribution in [2.45, 2.75) is 6.92 Å². The Kier molecular flexibility index (Phi) is 3.14. The maximum atomic E-state index is 11.2. The second-order valence-corrected chi connectivity index (χ2v) is 3.89. The lowest BCUT2D eigenvalue weighted by molar-refractivity contribution is 0.100. The molecule has 18 heavy (non-hydrogen) atoms. The molecule has 1 aromatic heterocycles. The van der Waals surface area contributed by atoms with Crippen LogP contribution < -0.4 is 16.8 Å². The van der Waals surface area contributed by atoms with Crippen LogP contribution in [0.5, 0.6) is 0 Å². The van der Waals surface area contributed by atoms with Crippen LogP contribution in [0.1, 0.15) is 16.1 Å². The number of carbonyl (C=O) groups is 1. The summed E-state index contributed by atoms with van der Waals surface area (Å²) in [5.41, 5.74) is 14.1. The van der Waals surface area contributed by atoms with Gasteiger partial charge in [0.05, 0.1) is 28.3 Å². The van der Waals surface area contributed by atoms with E-state index < -0.39 is 5.91 Å². The van der Waals surface area contributed by atoms with Crippen molar-refractivity contribution in [1.82, 2.24) is 4.98 Å². The van der Waals surface area contributed by atoms with Gasteiger partial charge in [-0.05, 0) is 31.2 Å². The molecule has 92 valence electrons. The number of amides is 1. The molecule has 0 aliphatic heterocycles. The summed E-state index contributed by atoms with van der Waals surface area (Å²) in [4.78, 5) is 15.4. The minimum absolute atomic E-state index is 0.307. The Morgan fingerprint density at radius 1 is 1.22 bits per heavy atom. The number of aromatic nitrogens is 1. The van der Waals surface area contributed by atoms with Crippen LogP contribution in [-0.4, -0.2) is 10.9 Å². The predicted octanol–water partition coefficient (Wildman–Crippen LogP) is 1.81. The Hall–Kier alpha value is -2.56. The summed E-state index contributed by atoms with van der Waals surface area (Å²) in [7, 11) is 0. The molecule has 0 saturated carbocycles. The Morgan fingerprint density at radius 2 is 1.94 bits per heavy atom. The molecule has 2 aromatic rings. The number of hydrogen-bond donors (Lipinski definition) is 3. The first kappa shape index (κ1) is 11.9. The van der Waals surface area contributed by atoms with E-state index in [2.05, 4.69) is 10.3 Å². The van der Waals surface area contributed by atoms with Gasteiger partial charge in [-0.2, -0.15) is 0 Å². The van der Waals surface area contributed by atoms with Crippen molar-refractivity contribution in [2.75, 3.05) is 11.1 Å². The van der Waals surface area contributed by atoms with Crippen LogP contribution in [0.15, 0.2) is 36.5 Å². The van der Waals surface area contributed by atoms with E-state index in [-0.39, 0.29) is 0 Å². The first-order valence-electron chi connectivity index (χ1n) is 5.46. The van der Waals surface area contributed by atoms with Crippen LogP contribution in [0, 0.1) is 6.92 Å². The molecule has 2 rings (SSSR count). The molecule has 0 aliphatic rings. The van der Waals surface area contributed by atoms with Gasteiger partial charge >= 0.3 is 0 Å². The van der Waals surface area contributed by atoms with E-state index in [1.54, 1.807) is 24.4 Å². The smallest absolute Gasteiger partial charge is 0.250 e. The fourth-order valence-electron chi connectivity index (χ4n) is 1.65. The van der Waals surface area contributed by atoms with Gasteiger partial charge < -0.3 is 16.8 Å². The van der Waals surface area contributed by atoms with E-state index in [9.17, 15) is 4.79 Å². The van der Waals surface area contributed by atoms with E-state index in [0.717, 1.165) is 11.4 Å². The highest BCUT2D eigenvalue weighted by Crippen LogP contribution is 2.26. The SMILES string of the molecule is Cc1ncccc1Nc1cccc(C(N)=O)c1N. The molecule has 0 unspecified atom stereocenters. The minimum Gasteiger partial charge on any atom is -0.396 e. The van der Waals surface area contributed by atoms with Gasteiger partial charge in [0.1, 0.15) is 0 Å². The number of rotatable bonds is 3. The quantitative estimate of drug-likeness (QED) is 0.715. The highest BCUT2D eigenvalue weighted by molar-refractivity contribution is 6.01. The zero-order chi connectivity index (χ0) is 13.1. The van der Waals surface area contributed by atoms with Gasteiger partial charge in [-0.3, -0.25) is 9.78 Å². The van der Waals surface area contributed by atoms with Crippen LogP contribution in [0.2, 0.25) is 0 Å². The third-order valence-corrected chi connectivity index (χ3v) is 2.65. The van der Waals surface area contributed by atoms with Crippen molar-refractivity contribution < 1.29 is 4.79 Å². The van der Waals surface area contributed by atoms with Gasteiger partial charge in [0, 0.05) is 6.20 Å². The molecule has 1 aromatic carbocycles. The molecule has 1 heterocycles. The number of nitrogens with one attached hydrogen (secondary N) is 1. The number of benzene rings is 1. The van der Waals surface area contributed by atoms with E-state index in [1.165, 1.54) is 0 Å². The molecule has 0 aliphatic carbocycles. The van der Waals surface area contributed by atoms with Crippen LogP contribution >= 0.6 is 0 Å². The molecule has 0 atom stereocenters. The Morgan fingerprint density at radius 3 is 2.61 bits per heavy atom. The van der Waals surface area contributed by atoms with E-state index in [1.807, 2.05) is 19.1 Å². The molecule has 5 heteroatoms. The van der Waals surface area contributed by atoms with Crippen LogP contribution in [0.3, 0.4) is 0 Å². The van der Waals surface area contributed by atoms with E-state index in [0.29, 0.717) is 16.9 Å². The topological polar surface area (TPSA) is 94.0 Å². The average Bonchev–Trinajstić information content (AvgIpc) is 2.34. The fourth-order valence-corrected chi connectivity index (χ4v) is 1.65. The highest BCUT2D eigenvalue weighted by atomic mass is 16.1. The van der Waals surface area contributed by atoms with Gasteiger partial charge in [-0.25, -0.2) is 0 Å². The van der Waals surface area contributed by atoms with Crippen molar-refractivity contribution in [3.8, 4) is 0 Å². The largest absolute Gasteiger partial charge is 0.396 e. The Labute approximate surface area is 105 Å². The summed E-state index contributed by atoms with van der Waals surface area (Å²) in [6, 6.07) is 8.82. The number of nitrogen functional groups attached to an aromatic ring is 1. The molecule has 1 amide bonds. The van der Waals surface area contributed by atoms with Gasteiger partial charge in [-0.1, -0.05) is 6.07 Å². The number of nitrogens with two attached hydrogens (primary N) is 2. The fraction of sp³-hybridized carbons (Fsp3) is 0.0769. The monoisotopic (exact) mass is 242 g/mol. The van der Waals surface area contributed by atoms with Gasteiger partial charge in [0.15, 0.2) is 0 Å². The third-order valence-electron chi connectivity index (χ3n) is 2.65. The van der Waals surface area contributed by atoms with Crippen molar-refractivity contribution in [3.63, 3.8) is 0 Å². The second kappa shape index (κ2) is 4.75. The number of anilines is 3. The highest BCUT2D eigenvalue weighted by Gasteiger charge is 2.10. The molecular formula is C13H14N4O. The lowest BCUT2D eigenvalue weighted by atomic mass is 10.1. The first-order chi connectivity index (χ1) is 8.59. The summed E-state index contributed by atoms with van der Waals surface area (Å²) >= 11 is 0. The summed E-state index contributed by atoms with van der Waals surface area (Å²) in [6.07, 6.45) is 1.71. The predicted molar refractivity (Wildman–Crippen MR) is 71.6 cm³/mol. The van der Waals surface area contributed by atoms with Gasteiger partial charge in [-0.15, -0.1) is 0 Å². The zero-order valence-electron chi connectivity index (χ0n) is 9.97. The maximum absolute atomic E-state index is 11.2. The maximum Gasteiger partial charge on any atom is 0.250 e. The number of nitrogens with zero attached hydrogens (tertiary/aromatic N) is 1. The first-order valence-corrected chi connectivity index (χ1v) is 5.46. The Balaban J connectivity index is 2.39. The molecule has 5 N–H and O–H groups in total. The van der Waals surface area contributed by atoms with Crippen LogP contribution in [0.4, 0.5) is 17.1 Å². The number of aryl methyl sites for hydroxylation is 1. The van der Waals surface area contributed by atoms with Crippen molar-refractivity contribution >= 4 is 23.0 Å². The number of para-hydroxylation sites is 1. The van der Waals surface area contributed by atoms with Crippen LogP contribution in [-0.2, 0) is 0 Å². The number of carbonyl (C=O) groups excluding carboxylic acids is 1. The number of primary amides is 1. The number of hydrogen-bond acceptors (Lipinski definition) is 4. The average molecular weight is 242 g/mol. The molecule has 0 radical (unpaired) electrons. The van der Waals surface area contributed by atoms with E-state index in [4.69, 9.17) is 11.5 Å². The second-order valence-electron chi connectivity index (χ2n) is 3.89. The van der Waals surface area contributed by atoms with Crippen molar-refractivity contribution in [3.05, 3.63) is 47.8 Å². The molecular weight excluding hydrogens is 228 g/mol. The summed E-state index contributed by atoms with van der Waals surface area (Å²) < 4.78 is 0. The standard InChI is InChI=1S/C13H14N4O/c1-8-10(6-3-7-16-8)17-11-5-2-4-9(12(11)14)13(15)18/h2-7,17H,14H2,1H3,(H2,15,18). The van der Waals surface area contributed by atoms with Crippen molar-refractivity contribution in [1.29, 1.82) is 0 Å².